The second kappa shape index (κ2) is 7.08. The molecule has 2 aliphatic heterocycles. The van der Waals surface area contributed by atoms with Gasteiger partial charge in [-0.1, -0.05) is 6.07 Å². The fraction of sp³-hybridized carbons (Fsp3) is 0.300. The molecule has 148 valence electrons. The van der Waals surface area contributed by atoms with Crippen LogP contribution in [0, 0.1) is 6.92 Å². The average molecular weight is 392 g/mol. The number of nitrogens with zero attached hydrogens (tertiary/aromatic N) is 6. The highest BCUT2D eigenvalue weighted by atomic mass is 16.7. The van der Waals surface area contributed by atoms with Crippen molar-refractivity contribution in [3.8, 4) is 11.5 Å². The molecular formula is C20H20N6O3. The molecule has 0 aliphatic carbocycles. The van der Waals surface area contributed by atoms with Gasteiger partial charge in [0.05, 0.1) is 0 Å². The van der Waals surface area contributed by atoms with Crippen LogP contribution in [0.5, 0.6) is 11.5 Å². The van der Waals surface area contributed by atoms with E-state index in [1.807, 2.05) is 40.6 Å². The van der Waals surface area contributed by atoms with Crippen molar-refractivity contribution >= 4 is 23.4 Å². The summed E-state index contributed by atoms with van der Waals surface area (Å²) in [5.41, 5.74) is 1.65. The maximum Gasteiger partial charge on any atom is 0.246 e. The van der Waals surface area contributed by atoms with E-state index in [9.17, 15) is 4.79 Å². The molecule has 0 unspecified atom stereocenters. The van der Waals surface area contributed by atoms with Gasteiger partial charge in [0, 0.05) is 44.6 Å². The number of carbonyl (C=O) groups excluding carboxylic acids is 1. The number of piperazine rings is 1. The van der Waals surface area contributed by atoms with Crippen LogP contribution in [0.2, 0.25) is 0 Å². The van der Waals surface area contributed by atoms with Gasteiger partial charge >= 0.3 is 0 Å². The molecule has 0 N–H and O–H groups in total. The molecule has 9 nitrogen and oxygen atoms in total. The van der Waals surface area contributed by atoms with Crippen LogP contribution in [0.15, 0.2) is 36.7 Å². The van der Waals surface area contributed by atoms with Crippen LogP contribution in [0.1, 0.15) is 11.4 Å². The first-order valence-corrected chi connectivity index (χ1v) is 9.47. The Kier molecular flexibility index (Phi) is 4.27. The highest BCUT2D eigenvalue weighted by Crippen LogP contribution is 2.32. The van der Waals surface area contributed by atoms with Crippen LogP contribution in [0.4, 0.5) is 5.82 Å². The van der Waals surface area contributed by atoms with Gasteiger partial charge in [0.15, 0.2) is 17.3 Å². The van der Waals surface area contributed by atoms with Crippen molar-refractivity contribution in [1.29, 1.82) is 0 Å². The third-order valence-electron chi connectivity index (χ3n) is 5.18. The predicted octanol–water partition coefficient (Wildman–Crippen LogP) is 1.52. The van der Waals surface area contributed by atoms with Crippen LogP contribution in [-0.2, 0) is 4.79 Å². The molecule has 1 amide bonds. The number of amides is 1. The first-order valence-electron chi connectivity index (χ1n) is 9.47. The minimum absolute atomic E-state index is 0.00759. The summed E-state index contributed by atoms with van der Waals surface area (Å²) in [5, 5.41) is 8.36. The van der Waals surface area contributed by atoms with Gasteiger partial charge in [0.1, 0.15) is 5.82 Å². The lowest BCUT2D eigenvalue weighted by molar-refractivity contribution is -0.126. The largest absolute Gasteiger partial charge is 0.454 e. The monoisotopic (exact) mass is 392 g/mol. The van der Waals surface area contributed by atoms with Gasteiger partial charge in [-0.15, -0.1) is 10.2 Å². The van der Waals surface area contributed by atoms with Crippen LogP contribution < -0.4 is 14.4 Å². The quantitative estimate of drug-likeness (QED) is 0.625. The SMILES string of the molecule is Cc1nnc2c(N3CCN(C(=O)/C=C/c4ccc5c(c4)OCO5)CC3)nccn12. The number of hydrogen-bond acceptors (Lipinski definition) is 7. The van der Waals surface area contributed by atoms with Crippen molar-refractivity contribution in [3.05, 3.63) is 48.1 Å². The summed E-state index contributed by atoms with van der Waals surface area (Å²) in [4.78, 5) is 21.1. The fourth-order valence-corrected chi connectivity index (χ4v) is 3.58. The molecule has 0 saturated carbocycles. The number of hydrogen-bond donors (Lipinski definition) is 0. The molecule has 1 saturated heterocycles. The second-order valence-corrected chi connectivity index (χ2v) is 6.95. The Bertz CT molecular complexity index is 1100. The molecule has 1 aromatic carbocycles. The molecule has 0 radical (unpaired) electrons. The number of fused-ring (bicyclic) bond motifs is 2. The van der Waals surface area contributed by atoms with E-state index < -0.39 is 0 Å². The summed E-state index contributed by atoms with van der Waals surface area (Å²) in [6, 6.07) is 5.63. The van der Waals surface area contributed by atoms with E-state index >= 15 is 0 Å². The summed E-state index contributed by atoms with van der Waals surface area (Å²) in [6.07, 6.45) is 7.02. The molecule has 4 heterocycles. The first-order chi connectivity index (χ1) is 14.2. The van der Waals surface area contributed by atoms with Crippen molar-refractivity contribution in [3.63, 3.8) is 0 Å². The maximum atomic E-state index is 12.6. The molecule has 0 bridgehead atoms. The molecule has 1 fully saturated rings. The Balaban J connectivity index is 1.24. The lowest BCUT2D eigenvalue weighted by atomic mass is 10.2. The number of anilines is 1. The van der Waals surface area contributed by atoms with Crippen LogP contribution in [0.3, 0.4) is 0 Å². The highest BCUT2D eigenvalue weighted by molar-refractivity contribution is 5.92. The zero-order chi connectivity index (χ0) is 19.8. The van der Waals surface area contributed by atoms with Gasteiger partial charge in [-0.2, -0.15) is 0 Å². The normalized spacial score (nSPS) is 16.2. The number of rotatable bonds is 3. The highest BCUT2D eigenvalue weighted by Gasteiger charge is 2.23. The zero-order valence-corrected chi connectivity index (χ0v) is 16.0. The summed E-state index contributed by atoms with van der Waals surface area (Å²) in [7, 11) is 0. The molecule has 29 heavy (non-hydrogen) atoms. The van der Waals surface area contributed by atoms with Gasteiger partial charge < -0.3 is 19.3 Å². The third kappa shape index (κ3) is 3.24. The Hall–Kier alpha value is -3.62. The van der Waals surface area contributed by atoms with E-state index in [4.69, 9.17) is 9.47 Å². The summed E-state index contributed by atoms with van der Waals surface area (Å²) < 4.78 is 12.6. The topological polar surface area (TPSA) is 85.1 Å². The Morgan fingerprint density at radius 2 is 1.93 bits per heavy atom. The lowest BCUT2D eigenvalue weighted by Gasteiger charge is -2.34. The van der Waals surface area contributed by atoms with Gasteiger partial charge in [0.2, 0.25) is 18.3 Å². The number of ether oxygens (including phenoxy) is 2. The summed E-state index contributed by atoms with van der Waals surface area (Å²) >= 11 is 0. The molecular weight excluding hydrogens is 372 g/mol. The number of aryl methyl sites for hydroxylation is 1. The maximum absolute atomic E-state index is 12.6. The second-order valence-electron chi connectivity index (χ2n) is 6.95. The minimum atomic E-state index is -0.00759. The molecule has 0 spiro atoms. The molecule has 3 aromatic rings. The van der Waals surface area contributed by atoms with Crippen LogP contribution in [-0.4, -0.2) is 63.4 Å². The Morgan fingerprint density at radius 1 is 1.10 bits per heavy atom. The van der Waals surface area contributed by atoms with E-state index in [-0.39, 0.29) is 12.7 Å². The van der Waals surface area contributed by atoms with E-state index in [2.05, 4.69) is 20.1 Å². The molecule has 9 heteroatoms. The Labute approximate surface area is 167 Å². The van der Waals surface area contributed by atoms with E-state index in [1.165, 1.54) is 0 Å². The summed E-state index contributed by atoms with van der Waals surface area (Å²) in [6.45, 7) is 4.79. The average Bonchev–Trinajstić information content (AvgIpc) is 3.38. The van der Waals surface area contributed by atoms with Gasteiger partial charge in [-0.05, 0) is 30.7 Å². The van der Waals surface area contributed by atoms with Gasteiger partial charge in [-0.3, -0.25) is 9.20 Å². The molecule has 2 aromatic heterocycles. The number of carbonyl (C=O) groups is 1. The standard InChI is InChI=1S/C20H20N6O3/c1-14-22-23-20-19(21-6-7-26(14)20)25-10-8-24(9-11-25)18(27)5-3-15-2-4-16-17(12-15)29-13-28-16/h2-7,12H,8-11,13H2,1H3/b5-3+. The van der Waals surface area contributed by atoms with E-state index in [1.54, 1.807) is 18.3 Å². The van der Waals surface area contributed by atoms with Crippen molar-refractivity contribution in [1.82, 2.24) is 24.5 Å². The minimum Gasteiger partial charge on any atom is -0.454 e. The molecule has 2 aliphatic rings. The van der Waals surface area contributed by atoms with Gasteiger partial charge in [0.25, 0.3) is 0 Å². The van der Waals surface area contributed by atoms with Gasteiger partial charge in [-0.25, -0.2) is 4.98 Å². The number of aromatic nitrogens is 4. The Morgan fingerprint density at radius 3 is 2.79 bits per heavy atom. The van der Waals surface area contributed by atoms with Crippen molar-refractivity contribution in [2.45, 2.75) is 6.92 Å². The molecule has 0 atom stereocenters. The third-order valence-corrected chi connectivity index (χ3v) is 5.18. The first kappa shape index (κ1) is 17.5. The van der Waals surface area contributed by atoms with E-state index in [0.29, 0.717) is 31.9 Å². The number of benzene rings is 1. The summed E-state index contributed by atoms with van der Waals surface area (Å²) in [5.74, 6) is 3.06. The van der Waals surface area contributed by atoms with Crippen molar-refractivity contribution < 1.29 is 14.3 Å². The van der Waals surface area contributed by atoms with Crippen LogP contribution >= 0.6 is 0 Å². The smallest absolute Gasteiger partial charge is 0.246 e. The zero-order valence-electron chi connectivity index (χ0n) is 16.0. The molecule has 5 rings (SSSR count). The van der Waals surface area contributed by atoms with Crippen molar-refractivity contribution in [2.24, 2.45) is 0 Å². The van der Waals surface area contributed by atoms with Crippen LogP contribution in [0.25, 0.3) is 11.7 Å². The predicted molar refractivity (Wildman–Crippen MR) is 106 cm³/mol. The van der Waals surface area contributed by atoms with E-state index in [0.717, 1.165) is 28.6 Å². The fourth-order valence-electron chi connectivity index (χ4n) is 3.58. The van der Waals surface area contributed by atoms with Crippen molar-refractivity contribution in [2.75, 3.05) is 37.9 Å². The lowest BCUT2D eigenvalue weighted by Crippen LogP contribution is -2.48.